The summed E-state index contributed by atoms with van der Waals surface area (Å²) in [5.74, 6) is 1.05. The molecule has 2 fully saturated rings. The Balaban J connectivity index is 1.64. The number of carbonyl (C=O) groups excluding carboxylic acids is 1. The molecule has 3 rings (SSSR count). The lowest BCUT2D eigenvalue weighted by Gasteiger charge is -2.12. The Labute approximate surface area is 97.6 Å². The van der Waals surface area contributed by atoms with Gasteiger partial charge in [0.15, 0.2) is 5.82 Å². The first-order chi connectivity index (χ1) is 7.72. The average molecular weight is 239 g/mol. The largest absolute Gasteiger partial charge is 0.308 e. The number of amides is 1. The summed E-state index contributed by atoms with van der Waals surface area (Å²) in [6.45, 7) is 0. The molecule has 2 heterocycles. The average Bonchev–Trinajstić information content (AvgIpc) is 2.86. The van der Waals surface area contributed by atoms with E-state index in [0.717, 1.165) is 6.42 Å². The highest BCUT2D eigenvalue weighted by atomic mass is 35.5. The first-order valence-corrected chi connectivity index (χ1v) is 5.64. The highest BCUT2D eigenvalue weighted by Gasteiger charge is 2.47. The fraction of sp³-hybridized carbons (Fsp3) is 0.500. The van der Waals surface area contributed by atoms with Crippen LogP contribution in [0.2, 0.25) is 5.15 Å². The number of anilines is 1. The van der Waals surface area contributed by atoms with Crippen LogP contribution >= 0.6 is 11.6 Å². The van der Waals surface area contributed by atoms with E-state index in [-0.39, 0.29) is 17.1 Å². The molecular weight excluding hydrogens is 228 g/mol. The van der Waals surface area contributed by atoms with E-state index >= 15 is 0 Å². The molecule has 1 aliphatic heterocycles. The van der Waals surface area contributed by atoms with Gasteiger partial charge in [0.2, 0.25) is 5.91 Å². The predicted molar refractivity (Wildman–Crippen MR) is 59.1 cm³/mol. The van der Waals surface area contributed by atoms with Crippen LogP contribution in [0.3, 0.4) is 0 Å². The Bertz CT molecular complexity index is 429. The van der Waals surface area contributed by atoms with Crippen molar-refractivity contribution in [1.29, 1.82) is 0 Å². The molecule has 16 heavy (non-hydrogen) atoms. The highest BCUT2D eigenvalue weighted by Crippen LogP contribution is 2.40. The number of fused-ring (bicyclic) bond motifs is 1. The zero-order valence-corrected chi connectivity index (χ0v) is 9.24. The topological polar surface area (TPSA) is 66.9 Å². The molecule has 1 aromatic heterocycles. The van der Waals surface area contributed by atoms with Gasteiger partial charge in [0.25, 0.3) is 0 Å². The van der Waals surface area contributed by atoms with Crippen molar-refractivity contribution in [2.75, 3.05) is 5.32 Å². The number of piperidine rings is 1. The van der Waals surface area contributed by atoms with Crippen LogP contribution in [-0.4, -0.2) is 28.0 Å². The van der Waals surface area contributed by atoms with Gasteiger partial charge in [0, 0.05) is 6.04 Å². The Kier molecular flexibility index (Phi) is 2.29. The maximum atomic E-state index is 11.8. The smallest absolute Gasteiger partial charge is 0.242 e. The van der Waals surface area contributed by atoms with Crippen molar-refractivity contribution in [1.82, 2.24) is 15.3 Å². The van der Waals surface area contributed by atoms with E-state index in [1.165, 1.54) is 18.8 Å². The summed E-state index contributed by atoms with van der Waals surface area (Å²) in [7, 11) is 0. The van der Waals surface area contributed by atoms with Gasteiger partial charge < -0.3 is 10.6 Å². The Morgan fingerprint density at radius 1 is 1.50 bits per heavy atom. The fourth-order valence-corrected chi connectivity index (χ4v) is 2.29. The standard InChI is InChI=1S/C10H11ClN4O/c11-8-3-12-4-9(14-8)15-10(16)7-2-5-1-6(5)13-7/h3-7,13H,1-2H2,(H,14,15,16)/t5-,6?,7+/m1/s1. The molecule has 2 N–H and O–H groups in total. The summed E-state index contributed by atoms with van der Waals surface area (Å²) < 4.78 is 0. The molecule has 0 aromatic carbocycles. The van der Waals surface area contributed by atoms with Gasteiger partial charge in [0.05, 0.1) is 18.4 Å². The zero-order chi connectivity index (χ0) is 11.1. The second-order valence-corrected chi connectivity index (χ2v) is 4.66. The molecule has 0 radical (unpaired) electrons. The molecule has 6 heteroatoms. The minimum Gasteiger partial charge on any atom is -0.308 e. The van der Waals surface area contributed by atoms with Crippen molar-refractivity contribution in [2.24, 2.45) is 5.92 Å². The van der Waals surface area contributed by atoms with Crippen LogP contribution in [-0.2, 0) is 4.79 Å². The van der Waals surface area contributed by atoms with Gasteiger partial charge in [-0.3, -0.25) is 9.78 Å². The molecule has 5 nitrogen and oxygen atoms in total. The lowest BCUT2D eigenvalue weighted by Crippen LogP contribution is -2.38. The third-order valence-electron chi connectivity index (χ3n) is 3.05. The Hall–Kier alpha value is -1.20. The van der Waals surface area contributed by atoms with Crippen molar-refractivity contribution in [3.05, 3.63) is 17.5 Å². The molecule has 1 unspecified atom stereocenters. The van der Waals surface area contributed by atoms with Crippen molar-refractivity contribution < 1.29 is 4.79 Å². The number of nitrogens with one attached hydrogen (secondary N) is 2. The number of hydrogen-bond donors (Lipinski definition) is 2. The van der Waals surface area contributed by atoms with E-state index in [2.05, 4.69) is 20.6 Å². The summed E-state index contributed by atoms with van der Waals surface area (Å²) >= 11 is 5.68. The molecule has 3 atom stereocenters. The van der Waals surface area contributed by atoms with Gasteiger partial charge in [-0.15, -0.1) is 0 Å². The van der Waals surface area contributed by atoms with Gasteiger partial charge in [-0.2, -0.15) is 0 Å². The van der Waals surface area contributed by atoms with Crippen LogP contribution in [0.25, 0.3) is 0 Å². The monoisotopic (exact) mass is 238 g/mol. The van der Waals surface area contributed by atoms with E-state index in [1.807, 2.05) is 0 Å². The van der Waals surface area contributed by atoms with E-state index in [4.69, 9.17) is 11.6 Å². The number of aromatic nitrogens is 2. The minimum atomic E-state index is -0.0930. The van der Waals surface area contributed by atoms with Crippen molar-refractivity contribution in [3.63, 3.8) is 0 Å². The van der Waals surface area contributed by atoms with Crippen molar-refractivity contribution in [2.45, 2.75) is 24.9 Å². The lowest BCUT2D eigenvalue weighted by atomic mass is 10.2. The summed E-state index contributed by atoms with van der Waals surface area (Å²) in [4.78, 5) is 19.6. The first-order valence-electron chi connectivity index (χ1n) is 5.27. The fourth-order valence-electron chi connectivity index (χ4n) is 2.14. The van der Waals surface area contributed by atoms with E-state index in [0.29, 0.717) is 17.8 Å². The van der Waals surface area contributed by atoms with Gasteiger partial charge >= 0.3 is 0 Å². The summed E-state index contributed by atoms with van der Waals surface area (Å²) in [5, 5.41) is 6.25. The van der Waals surface area contributed by atoms with E-state index < -0.39 is 0 Å². The van der Waals surface area contributed by atoms with Crippen LogP contribution in [0.15, 0.2) is 12.4 Å². The van der Waals surface area contributed by atoms with Crippen LogP contribution < -0.4 is 10.6 Å². The number of nitrogens with zero attached hydrogens (tertiary/aromatic N) is 2. The third-order valence-corrected chi connectivity index (χ3v) is 3.23. The highest BCUT2D eigenvalue weighted by molar-refractivity contribution is 6.29. The molecule has 1 saturated carbocycles. The number of carbonyl (C=O) groups is 1. The Morgan fingerprint density at radius 2 is 2.38 bits per heavy atom. The van der Waals surface area contributed by atoms with Crippen molar-refractivity contribution in [3.8, 4) is 0 Å². The normalized spacial score (nSPS) is 30.9. The zero-order valence-electron chi connectivity index (χ0n) is 8.48. The molecule has 2 aliphatic rings. The summed E-state index contributed by atoms with van der Waals surface area (Å²) in [6.07, 6.45) is 5.05. The molecule has 0 bridgehead atoms. The number of rotatable bonds is 2. The molecule has 0 spiro atoms. The van der Waals surface area contributed by atoms with Crippen LogP contribution in [0, 0.1) is 5.92 Å². The molecule has 1 saturated heterocycles. The van der Waals surface area contributed by atoms with Gasteiger partial charge in [-0.1, -0.05) is 11.6 Å². The first kappa shape index (κ1) is 9.99. The van der Waals surface area contributed by atoms with Crippen LogP contribution in [0.5, 0.6) is 0 Å². The minimum absolute atomic E-state index is 0.0521. The Morgan fingerprint density at radius 3 is 3.06 bits per heavy atom. The quantitative estimate of drug-likeness (QED) is 0.801. The molecule has 1 aromatic rings. The van der Waals surface area contributed by atoms with Crippen LogP contribution in [0.1, 0.15) is 12.8 Å². The maximum absolute atomic E-state index is 11.8. The summed E-state index contributed by atoms with van der Waals surface area (Å²) in [6, 6.07) is 0.464. The van der Waals surface area contributed by atoms with Crippen molar-refractivity contribution >= 4 is 23.3 Å². The third kappa shape index (κ3) is 1.88. The van der Waals surface area contributed by atoms with Gasteiger partial charge in [0.1, 0.15) is 5.15 Å². The summed E-state index contributed by atoms with van der Waals surface area (Å²) in [5.41, 5.74) is 0. The van der Waals surface area contributed by atoms with Gasteiger partial charge in [-0.05, 0) is 18.8 Å². The number of halogens is 1. The lowest BCUT2D eigenvalue weighted by molar-refractivity contribution is -0.118. The van der Waals surface area contributed by atoms with E-state index in [1.54, 1.807) is 0 Å². The van der Waals surface area contributed by atoms with Crippen LogP contribution in [0.4, 0.5) is 5.82 Å². The predicted octanol–water partition coefficient (Wildman–Crippen LogP) is 0.819. The SMILES string of the molecule is O=C(Nc1cncc(Cl)n1)[C@@H]1C[C@H]2CC2N1. The number of hydrogen-bond acceptors (Lipinski definition) is 4. The second-order valence-electron chi connectivity index (χ2n) is 4.27. The maximum Gasteiger partial charge on any atom is 0.242 e. The molecule has 84 valence electrons. The van der Waals surface area contributed by atoms with Gasteiger partial charge in [-0.25, -0.2) is 4.98 Å². The molecular formula is C10H11ClN4O. The molecule has 1 amide bonds. The molecule has 1 aliphatic carbocycles. The second kappa shape index (κ2) is 3.68. The van der Waals surface area contributed by atoms with E-state index in [9.17, 15) is 4.79 Å².